The second-order valence-electron chi connectivity index (χ2n) is 8.46. The van der Waals surface area contributed by atoms with Gasteiger partial charge in [0.2, 0.25) is 0 Å². The highest BCUT2D eigenvalue weighted by atomic mass is 19.4. The van der Waals surface area contributed by atoms with Crippen LogP contribution in [0.15, 0.2) is 97.1 Å². The number of nitrogen functional groups attached to an aromatic ring is 1. The van der Waals surface area contributed by atoms with Crippen molar-refractivity contribution >= 4 is 17.3 Å². The highest BCUT2D eigenvalue weighted by Gasteiger charge is 2.30. The summed E-state index contributed by atoms with van der Waals surface area (Å²) >= 11 is 0. The number of carboxylic acids is 1. The molecule has 7 heteroatoms. The fourth-order valence-electron chi connectivity index (χ4n) is 4.19. The van der Waals surface area contributed by atoms with Crippen LogP contribution in [0.4, 0.5) is 24.5 Å². The minimum atomic E-state index is -4.40. The predicted molar refractivity (Wildman–Crippen MR) is 136 cm³/mol. The Hall–Kier alpha value is -4.26. The third-order valence-electron chi connectivity index (χ3n) is 6.04. The molecule has 1 heterocycles. The molecule has 4 nitrogen and oxygen atoms in total. The highest BCUT2D eigenvalue weighted by Crippen LogP contribution is 2.32. The van der Waals surface area contributed by atoms with Gasteiger partial charge < -0.3 is 15.7 Å². The van der Waals surface area contributed by atoms with Crippen LogP contribution in [0.2, 0.25) is 0 Å². The summed E-state index contributed by atoms with van der Waals surface area (Å²) in [5, 5.41) is 9.03. The van der Waals surface area contributed by atoms with E-state index in [4.69, 9.17) is 10.8 Å². The van der Waals surface area contributed by atoms with Crippen LogP contribution in [-0.4, -0.2) is 17.6 Å². The van der Waals surface area contributed by atoms with Gasteiger partial charge in [-0.15, -0.1) is 0 Å². The number of aromatic carboxylic acids is 1. The second-order valence-corrected chi connectivity index (χ2v) is 8.46. The molecule has 0 saturated heterocycles. The van der Waals surface area contributed by atoms with Crippen LogP contribution < -0.4 is 10.6 Å². The van der Waals surface area contributed by atoms with Gasteiger partial charge in [-0.05, 0) is 71.1 Å². The first-order valence-corrected chi connectivity index (χ1v) is 11.4. The third-order valence-corrected chi connectivity index (χ3v) is 6.04. The summed E-state index contributed by atoms with van der Waals surface area (Å²) < 4.78 is 37.3. The number of alkyl halides is 3. The zero-order chi connectivity index (χ0) is 25.7. The molecule has 0 aliphatic carbocycles. The van der Waals surface area contributed by atoms with Gasteiger partial charge in [0.1, 0.15) is 0 Å². The molecule has 1 aliphatic heterocycles. The van der Waals surface area contributed by atoms with Crippen molar-refractivity contribution in [1.82, 2.24) is 0 Å². The SMILES string of the molecule is Nc1ccc2c(c1)CCN(c1ccccc1)C2.O=C(O)c1ccccc1-c1ccc(C(F)(F)F)cc1. The molecule has 36 heavy (non-hydrogen) atoms. The molecule has 184 valence electrons. The molecule has 0 aromatic heterocycles. The Morgan fingerprint density at radius 3 is 2.17 bits per heavy atom. The van der Waals surface area contributed by atoms with Gasteiger partial charge in [-0.25, -0.2) is 4.79 Å². The lowest BCUT2D eigenvalue weighted by molar-refractivity contribution is -0.137. The first-order valence-electron chi connectivity index (χ1n) is 11.4. The number of carboxylic acid groups (broad SMARTS) is 1. The van der Waals surface area contributed by atoms with Crippen LogP contribution in [0.1, 0.15) is 27.0 Å². The Labute approximate surface area is 207 Å². The van der Waals surface area contributed by atoms with Crippen molar-refractivity contribution in [2.24, 2.45) is 0 Å². The molecule has 0 atom stereocenters. The molecule has 0 unspecified atom stereocenters. The van der Waals surface area contributed by atoms with Crippen molar-refractivity contribution in [1.29, 1.82) is 0 Å². The molecule has 0 amide bonds. The maximum Gasteiger partial charge on any atom is 0.416 e. The van der Waals surface area contributed by atoms with E-state index in [1.807, 2.05) is 6.07 Å². The standard InChI is InChI=1S/C15H16N2.C14H9F3O2/c16-14-7-6-13-11-17(9-8-12(13)10-14)15-4-2-1-3-5-15;15-14(16,17)10-7-5-9(6-8-10)11-3-1-2-4-12(11)13(18)19/h1-7,10H,8-9,11,16H2;1-8H,(H,18,19). The number of hydrogen-bond donors (Lipinski definition) is 2. The first-order chi connectivity index (χ1) is 17.2. The molecule has 0 spiro atoms. The van der Waals surface area contributed by atoms with E-state index in [-0.39, 0.29) is 5.56 Å². The fourth-order valence-corrected chi connectivity index (χ4v) is 4.19. The van der Waals surface area contributed by atoms with Gasteiger partial charge in [0.15, 0.2) is 0 Å². The number of rotatable bonds is 3. The average Bonchev–Trinajstić information content (AvgIpc) is 2.89. The predicted octanol–water partition coefficient (Wildman–Crippen LogP) is 6.90. The quantitative estimate of drug-likeness (QED) is 0.307. The van der Waals surface area contributed by atoms with Gasteiger partial charge >= 0.3 is 12.1 Å². The maximum atomic E-state index is 12.4. The van der Waals surface area contributed by atoms with Crippen molar-refractivity contribution in [3.05, 3.63) is 119 Å². The summed E-state index contributed by atoms with van der Waals surface area (Å²) in [5.41, 5.74) is 10.9. The molecule has 4 aromatic carbocycles. The second kappa shape index (κ2) is 10.6. The normalized spacial score (nSPS) is 12.8. The van der Waals surface area contributed by atoms with E-state index in [0.29, 0.717) is 11.1 Å². The Morgan fingerprint density at radius 2 is 1.50 bits per heavy atom. The summed E-state index contributed by atoms with van der Waals surface area (Å²) in [6.07, 6.45) is -3.32. The minimum Gasteiger partial charge on any atom is -0.478 e. The van der Waals surface area contributed by atoms with Crippen molar-refractivity contribution in [3.8, 4) is 11.1 Å². The lowest BCUT2D eigenvalue weighted by Crippen LogP contribution is -2.30. The lowest BCUT2D eigenvalue weighted by Gasteiger charge is -2.30. The van der Waals surface area contributed by atoms with Crippen molar-refractivity contribution in [2.45, 2.75) is 19.1 Å². The number of nitrogens with two attached hydrogens (primary N) is 1. The smallest absolute Gasteiger partial charge is 0.416 e. The number of fused-ring (bicyclic) bond motifs is 1. The molecule has 0 fully saturated rings. The molecule has 3 N–H and O–H groups in total. The lowest BCUT2D eigenvalue weighted by atomic mass is 9.98. The molecule has 0 saturated carbocycles. The van der Waals surface area contributed by atoms with E-state index >= 15 is 0 Å². The van der Waals surface area contributed by atoms with Gasteiger partial charge in [-0.2, -0.15) is 13.2 Å². The third kappa shape index (κ3) is 5.86. The van der Waals surface area contributed by atoms with Crippen LogP contribution in [0, 0.1) is 0 Å². The summed E-state index contributed by atoms with van der Waals surface area (Å²) in [4.78, 5) is 13.5. The fraction of sp³-hybridized carbons (Fsp3) is 0.138. The number of hydrogen-bond acceptors (Lipinski definition) is 3. The molecule has 1 aliphatic rings. The maximum absolute atomic E-state index is 12.4. The Kier molecular flexibility index (Phi) is 7.29. The van der Waals surface area contributed by atoms with Crippen LogP contribution >= 0.6 is 0 Å². The van der Waals surface area contributed by atoms with Crippen molar-refractivity contribution in [2.75, 3.05) is 17.2 Å². The Bertz CT molecular complexity index is 1340. The van der Waals surface area contributed by atoms with E-state index < -0.39 is 17.7 Å². The molecule has 4 aromatic rings. The van der Waals surface area contributed by atoms with Crippen LogP contribution in [0.3, 0.4) is 0 Å². The summed E-state index contributed by atoms with van der Waals surface area (Å²) in [6, 6.07) is 27.4. The zero-order valence-corrected chi connectivity index (χ0v) is 19.4. The van der Waals surface area contributed by atoms with Crippen LogP contribution in [0.5, 0.6) is 0 Å². The van der Waals surface area contributed by atoms with E-state index in [1.165, 1.54) is 35.0 Å². The number of halogens is 3. The van der Waals surface area contributed by atoms with Gasteiger partial charge in [-0.1, -0.05) is 54.6 Å². The number of para-hydroxylation sites is 1. The van der Waals surface area contributed by atoms with Gasteiger partial charge in [-0.3, -0.25) is 0 Å². The van der Waals surface area contributed by atoms with Crippen molar-refractivity contribution in [3.63, 3.8) is 0 Å². The Morgan fingerprint density at radius 1 is 0.833 bits per heavy atom. The van der Waals surface area contributed by atoms with Gasteiger partial charge in [0, 0.05) is 24.5 Å². The zero-order valence-electron chi connectivity index (χ0n) is 19.4. The topological polar surface area (TPSA) is 66.6 Å². The Balaban J connectivity index is 0.000000170. The van der Waals surface area contributed by atoms with Gasteiger partial charge in [0.25, 0.3) is 0 Å². The minimum absolute atomic E-state index is 0.0576. The summed E-state index contributed by atoms with van der Waals surface area (Å²) in [7, 11) is 0. The monoisotopic (exact) mass is 490 g/mol. The van der Waals surface area contributed by atoms with E-state index in [1.54, 1.807) is 18.2 Å². The number of carbonyl (C=O) groups is 1. The first kappa shape index (κ1) is 24.9. The summed E-state index contributed by atoms with van der Waals surface area (Å²) in [6.45, 7) is 2.06. The molecule has 5 rings (SSSR count). The number of nitrogens with zero attached hydrogens (tertiary/aromatic N) is 1. The van der Waals surface area contributed by atoms with Crippen molar-refractivity contribution < 1.29 is 23.1 Å². The largest absolute Gasteiger partial charge is 0.478 e. The van der Waals surface area contributed by atoms with Crippen LogP contribution in [-0.2, 0) is 19.1 Å². The number of anilines is 2. The average molecular weight is 491 g/mol. The van der Waals surface area contributed by atoms with E-state index in [2.05, 4.69) is 47.4 Å². The van der Waals surface area contributed by atoms with Crippen LogP contribution in [0.25, 0.3) is 11.1 Å². The van der Waals surface area contributed by atoms with Gasteiger partial charge in [0.05, 0.1) is 11.1 Å². The highest BCUT2D eigenvalue weighted by molar-refractivity contribution is 5.96. The molecule has 0 bridgehead atoms. The molecular formula is C29H25F3N2O2. The van der Waals surface area contributed by atoms with E-state index in [9.17, 15) is 18.0 Å². The summed E-state index contributed by atoms with van der Waals surface area (Å²) in [5.74, 6) is -1.12. The number of benzene rings is 4. The van der Waals surface area contributed by atoms with E-state index in [0.717, 1.165) is 37.3 Å². The molecular weight excluding hydrogens is 465 g/mol. The molecule has 0 radical (unpaired) electrons.